The van der Waals surface area contributed by atoms with E-state index in [1.54, 1.807) is 11.8 Å². The highest BCUT2D eigenvalue weighted by Gasteiger charge is 2.15. The maximum atomic E-state index is 13.6. The summed E-state index contributed by atoms with van der Waals surface area (Å²) in [5.41, 5.74) is 0.755. The minimum Gasteiger partial charge on any atom is -0.337 e. The molecule has 19 heavy (non-hydrogen) atoms. The average Bonchev–Trinajstić information content (AvgIpc) is 2.39. The predicted molar refractivity (Wildman–Crippen MR) is 69.5 cm³/mol. The van der Waals surface area contributed by atoms with Crippen LogP contribution in [0.3, 0.4) is 0 Å². The Morgan fingerprint density at radius 3 is 2.63 bits per heavy atom. The number of carbonyl (C=O) groups is 1. The standard InChI is InChI=1S/C14H16F2N2O/c1-10(12-3-2-11(15)9-13(12)16)8-14(19)18-6-4-17-5-7-18/h2-3,8-9,17H,4-7H2,1H3/b10-8+. The van der Waals surface area contributed by atoms with Gasteiger partial charge in [-0.2, -0.15) is 0 Å². The van der Waals surface area contributed by atoms with Crippen LogP contribution in [-0.4, -0.2) is 37.0 Å². The van der Waals surface area contributed by atoms with Crippen LogP contribution in [0.15, 0.2) is 24.3 Å². The third-order valence-corrected chi connectivity index (χ3v) is 3.12. The van der Waals surface area contributed by atoms with Gasteiger partial charge in [-0.05, 0) is 24.6 Å². The van der Waals surface area contributed by atoms with Gasteiger partial charge in [0.2, 0.25) is 5.91 Å². The van der Waals surface area contributed by atoms with Crippen molar-refractivity contribution in [3.05, 3.63) is 41.5 Å². The Balaban J connectivity index is 2.15. The minimum atomic E-state index is -0.651. The Labute approximate surface area is 110 Å². The Bertz CT molecular complexity index is 508. The Morgan fingerprint density at radius 2 is 2.00 bits per heavy atom. The van der Waals surface area contributed by atoms with Gasteiger partial charge in [0, 0.05) is 43.9 Å². The number of piperazine rings is 1. The minimum absolute atomic E-state index is 0.136. The summed E-state index contributed by atoms with van der Waals surface area (Å²) in [6.45, 7) is 4.48. The van der Waals surface area contributed by atoms with Crippen LogP contribution in [0.25, 0.3) is 5.57 Å². The van der Waals surface area contributed by atoms with Crippen molar-refractivity contribution in [2.75, 3.05) is 26.2 Å². The molecule has 1 fully saturated rings. The molecule has 2 rings (SSSR count). The van der Waals surface area contributed by atoms with E-state index >= 15 is 0 Å². The SMILES string of the molecule is C/C(=C\C(=O)N1CCNCC1)c1ccc(F)cc1F. The van der Waals surface area contributed by atoms with Crippen molar-refractivity contribution in [2.45, 2.75) is 6.92 Å². The third-order valence-electron chi connectivity index (χ3n) is 3.12. The van der Waals surface area contributed by atoms with E-state index in [4.69, 9.17) is 0 Å². The van der Waals surface area contributed by atoms with Gasteiger partial charge in [0.15, 0.2) is 0 Å². The molecule has 1 aromatic carbocycles. The quantitative estimate of drug-likeness (QED) is 0.828. The van der Waals surface area contributed by atoms with E-state index in [1.807, 2.05) is 0 Å². The van der Waals surface area contributed by atoms with Crippen molar-refractivity contribution in [1.82, 2.24) is 10.2 Å². The normalized spacial score (nSPS) is 16.6. The number of hydrogen-bond acceptors (Lipinski definition) is 2. The van der Waals surface area contributed by atoms with Gasteiger partial charge >= 0.3 is 0 Å². The molecule has 3 nitrogen and oxygen atoms in total. The summed E-state index contributed by atoms with van der Waals surface area (Å²) in [5.74, 6) is -1.41. The summed E-state index contributed by atoms with van der Waals surface area (Å²) in [4.78, 5) is 13.7. The zero-order chi connectivity index (χ0) is 13.8. The first kappa shape index (κ1) is 13.7. The van der Waals surface area contributed by atoms with Crippen molar-refractivity contribution in [3.63, 3.8) is 0 Å². The number of hydrogen-bond donors (Lipinski definition) is 1. The molecule has 1 aromatic rings. The fourth-order valence-corrected chi connectivity index (χ4v) is 2.05. The topological polar surface area (TPSA) is 32.3 Å². The second-order valence-corrected chi connectivity index (χ2v) is 4.53. The van der Waals surface area contributed by atoms with Crippen LogP contribution in [0.5, 0.6) is 0 Å². The van der Waals surface area contributed by atoms with E-state index < -0.39 is 11.6 Å². The molecule has 1 aliphatic heterocycles. The lowest BCUT2D eigenvalue weighted by Gasteiger charge is -2.26. The molecule has 0 bridgehead atoms. The van der Waals surface area contributed by atoms with Gasteiger partial charge in [0.1, 0.15) is 11.6 Å². The molecule has 0 spiro atoms. The van der Waals surface area contributed by atoms with Crippen LogP contribution in [-0.2, 0) is 4.79 Å². The van der Waals surface area contributed by atoms with Crippen LogP contribution in [0, 0.1) is 11.6 Å². The Morgan fingerprint density at radius 1 is 1.32 bits per heavy atom. The van der Waals surface area contributed by atoms with Gasteiger partial charge in [0.05, 0.1) is 0 Å². The summed E-state index contributed by atoms with van der Waals surface area (Å²) in [6.07, 6.45) is 1.40. The molecule has 0 saturated carbocycles. The number of benzene rings is 1. The zero-order valence-electron chi connectivity index (χ0n) is 10.7. The summed E-state index contributed by atoms with van der Waals surface area (Å²) in [5, 5.41) is 3.15. The molecule has 0 radical (unpaired) electrons. The molecule has 0 aliphatic carbocycles. The van der Waals surface area contributed by atoms with Crippen molar-refractivity contribution in [2.24, 2.45) is 0 Å². The predicted octanol–water partition coefficient (Wildman–Crippen LogP) is 1.80. The Kier molecular flexibility index (Phi) is 4.27. The molecule has 0 unspecified atom stereocenters. The third kappa shape index (κ3) is 3.38. The summed E-state index contributed by atoms with van der Waals surface area (Å²) in [7, 11) is 0. The highest BCUT2D eigenvalue weighted by Crippen LogP contribution is 2.19. The monoisotopic (exact) mass is 266 g/mol. The van der Waals surface area contributed by atoms with Crippen molar-refractivity contribution < 1.29 is 13.6 Å². The van der Waals surface area contributed by atoms with Crippen LogP contribution in [0.2, 0.25) is 0 Å². The van der Waals surface area contributed by atoms with Gasteiger partial charge in [-0.25, -0.2) is 8.78 Å². The largest absolute Gasteiger partial charge is 0.337 e. The molecule has 1 heterocycles. The highest BCUT2D eigenvalue weighted by atomic mass is 19.1. The van der Waals surface area contributed by atoms with E-state index in [0.29, 0.717) is 18.7 Å². The summed E-state index contributed by atoms with van der Waals surface area (Å²) in [6, 6.07) is 3.36. The van der Waals surface area contributed by atoms with E-state index in [-0.39, 0.29) is 11.5 Å². The smallest absolute Gasteiger partial charge is 0.246 e. The number of nitrogens with zero attached hydrogens (tertiary/aromatic N) is 1. The zero-order valence-corrected chi connectivity index (χ0v) is 10.7. The van der Waals surface area contributed by atoms with Crippen LogP contribution in [0.4, 0.5) is 8.78 Å². The first-order chi connectivity index (χ1) is 9.08. The number of carbonyl (C=O) groups excluding carboxylic acids is 1. The fourth-order valence-electron chi connectivity index (χ4n) is 2.05. The maximum absolute atomic E-state index is 13.6. The van der Waals surface area contributed by atoms with Gasteiger partial charge in [-0.15, -0.1) is 0 Å². The second kappa shape index (κ2) is 5.93. The first-order valence-corrected chi connectivity index (χ1v) is 6.21. The lowest BCUT2D eigenvalue weighted by atomic mass is 10.1. The molecule has 1 saturated heterocycles. The van der Waals surface area contributed by atoms with E-state index in [2.05, 4.69) is 5.32 Å². The van der Waals surface area contributed by atoms with Crippen molar-refractivity contribution in [1.29, 1.82) is 0 Å². The van der Waals surface area contributed by atoms with Crippen LogP contribution in [0.1, 0.15) is 12.5 Å². The van der Waals surface area contributed by atoms with Crippen LogP contribution < -0.4 is 5.32 Å². The number of amides is 1. The van der Waals surface area contributed by atoms with Gasteiger partial charge < -0.3 is 10.2 Å². The summed E-state index contributed by atoms with van der Waals surface area (Å²) < 4.78 is 26.4. The molecule has 0 atom stereocenters. The summed E-state index contributed by atoms with van der Waals surface area (Å²) >= 11 is 0. The Hall–Kier alpha value is -1.75. The average molecular weight is 266 g/mol. The fraction of sp³-hybridized carbons (Fsp3) is 0.357. The molecular formula is C14H16F2N2O. The molecule has 102 valence electrons. The van der Waals surface area contributed by atoms with Gasteiger partial charge in [-0.1, -0.05) is 0 Å². The maximum Gasteiger partial charge on any atom is 0.246 e. The molecule has 5 heteroatoms. The van der Waals surface area contributed by atoms with Gasteiger partial charge in [0.25, 0.3) is 0 Å². The van der Waals surface area contributed by atoms with E-state index in [1.165, 1.54) is 18.2 Å². The van der Waals surface area contributed by atoms with E-state index in [9.17, 15) is 13.6 Å². The number of halogens is 2. The molecule has 1 N–H and O–H groups in total. The highest BCUT2D eigenvalue weighted by molar-refractivity contribution is 5.95. The number of allylic oxidation sites excluding steroid dienone is 1. The number of nitrogens with one attached hydrogen (secondary N) is 1. The lowest BCUT2D eigenvalue weighted by molar-refractivity contribution is -0.126. The number of rotatable bonds is 2. The molecular weight excluding hydrogens is 250 g/mol. The molecule has 1 aliphatic rings. The van der Waals surface area contributed by atoms with E-state index in [0.717, 1.165) is 19.2 Å². The lowest BCUT2D eigenvalue weighted by Crippen LogP contribution is -2.45. The van der Waals surface area contributed by atoms with Crippen molar-refractivity contribution in [3.8, 4) is 0 Å². The van der Waals surface area contributed by atoms with Gasteiger partial charge in [-0.3, -0.25) is 4.79 Å². The molecule has 0 aromatic heterocycles. The van der Waals surface area contributed by atoms with Crippen molar-refractivity contribution >= 4 is 11.5 Å². The second-order valence-electron chi connectivity index (χ2n) is 4.53. The molecule has 1 amide bonds. The first-order valence-electron chi connectivity index (χ1n) is 6.21. The van der Waals surface area contributed by atoms with Crippen LogP contribution >= 0.6 is 0 Å².